The predicted octanol–water partition coefficient (Wildman–Crippen LogP) is 1.47. The number of nitrogens with zero attached hydrogens (tertiary/aromatic N) is 2. The molecule has 0 aromatic heterocycles. The van der Waals surface area contributed by atoms with Crippen molar-refractivity contribution < 1.29 is 17.6 Å². The van der Waals surface area contributed by atoms with Crippen molar-refractivity contribution in [2.75, 3.05) is 37.8 Å². The SMILES string of the molecule is CN=C(NCC(=O)Nc1ccc(F)cc1)N1CCS(=O)(=O)C(C)(C)C1.I. The second-order valence-corrected chi connectivity index (χ2v) is 9.20. The Bertz CT molecular complexity index is 766. The lowest BCUT2D eigenvalue weighted by atomic mass is 10.2. The number of hydrogen-bond donors (Lipinski definition) is 2. The summed E-state index contributed by atoms with van der Waals surface area (Å²) in [6.45, 7) is 3.96. The van der Waals surface area contributed by atoms with Crippen LogP contribution in [0.2, 0.25) is 0 Å². The van der Waals surface area contributed by atoms with Gasteiger partial charge in [0.25, 0.3) is 0 Å². The molecule has 26 heavy (non-hydrogen) atoms. The first-order chi connectivity index (χ1) is 11.6. The number of rotatable bonds is 3. The summed E-state index contributed by atoms with van der Waals surface area (Å²) in [6.07, 6.45) is 0. The molecular formula is C16H24FIN4O3S. The number of hydrogen-bond acceptors (Lipinski definition) is 4. The maximum absolute atomic E-state index is 12.9. The summed E-state index contributed by atoms with van der Waals surface area (Å²) in [6, 6.07) is 5.47. The molecule has 0 bridgehead atoms. The zero-order valence-electron chi connectivity index (χ0n) is 15.0. The van der Waals surface area contributed by atoms with Gasteiger partial charge in [0.1, 0.15) is 5.82 Å². The lowest BCUT2D eigenvalue weighted by molar-refractivity contribution is -0.115. The number of anilines is 1. The molecule has 0 radical (unpaired) electrons. The van der Waals surface area contributed by atoms with Gasteiger partial charge in [-0.05, 0) is 38.1 Å². The second kappa shape index (κ2) is 8.98. The Morgan fingerprint density at radius 1 is 1.31 bits per heavy atom. The third kappa shape index (κ3) is 5.53. The Morgan fingerprint density at radius 2 is 1.92 bits per heavy atom. The van der Waals surface area contributed by atoms with Crippen molar-refractivity contribution >= 4 is 51.4 Å². The molecule has 2 rings (SSSR count). The Labute approximate surface area is 170 Å². The Kier molecular flexibility index (Phi) is 7.81. The Hall–Kier alpha value is -1.43. The van der Waals surface area contributed by atoms with E-state index in [1.54, 1.807) is 20.9 Å². The van der Waals surface area contributed by atoms with Gasteiger partial charge in [-0.1, -0.05) is 0 Å². The minimum atomic E-state index is -3.15. The second-order valence-electron chi connectivity index (χ2n) is 6.46. The van der Waals surface area contributed by atoms with Gasteiger partial charge in [-0.2, -0.15) is 0 Å². The average Bonchev–Trinajstić information content (AvgIpc) is 2.53. The molecule has 1 aromatic rings. The largest absolute Gasteiger partial charge is 0.347 e. The van der Waals surface area contributed by atoms with Crippen molar-refractivity contribution in [3.05, 3.63) is 30.1 Å². The minimum absolute atomic E-state index is 0. The molecule has 1 aliphatic rings. The van der Waals surface area contributed by atoms with E-state index in [2.05, 4.69) is 15.6 Å². The van der Waals surface area contributed by atoms with Crippen molar-refractivity contribution in [1.29, 1.82) is 0 Å². The van der Waals surface area contributed by atoms with Crippen molar-refractivity contribution in [1.82, 2.24) is 10.2 Å². The fourth-order valence-electron chi connectivity index (χ4n) is 2.55. The van der Waals surface area contributed by atoms with E-state index < -0.39 is 14.6 Å². The highest BCUT2D eigenvalue weighted by molar-refractivity contribution is 14.0. The van der Waals surface area contributed by atoms with E-state index in [1.807, 2.05) is 4.90 Å². The van der Waals surface area contributed by atoms with Crippen LogP contribution in [0.1, 0.15) is 13.8 Å². The summed E-state index contributed by atoms with van der Waals surface area (Å²) in [4.78, 5) is 17.9. The molecule has 1 aliphatic heterocycles. The highest BCUT2D eigenvalue weighted by Crippen LogP contribution is 2.23. The molecule has 0 spiro atoms. The van der Waals surface area contributed by atoms with Crippen LogP contribution in [0.3, 0.4) is 0 Å². The lowest BCUT2D eigenvalue weighted by Gasteiger charge is -2.39. The van der Waals surface area contributed by atoms with Crippen LogP contribution in [0.4, 0.5) is 10.1 Å². The summed E-state index contributed by atoms with van der Waals surface area (Å²) in [5.41, 5.74) is 0.494. The van der Waals surface area contributed by atoms with E-state index in [1.165, 1.54) is 24.3 Å². The summed E-state index contributed by atoms with van der Waals surface area (Å²) in [5, 5.41) is 5.57. The van der Waals surface area contributed by atoms with E-state index in [-0.39, 0.29) is 48.0 Å². The lowest BCUT2D eigenvalue weighted by Crippen LogP contribution is -2.57. The molecule has 0 atom stereocenters. The number of halogens is 2. The standard InChI is InChI=1S/C16H23FN4O3S.HI/c1-16(2)11-21(8-9-25(16,23)24)15(18-3)19-10-14(22)20-13-6-4-12(17)5-7-13;/h4-7H,8-11H2,1-3H3,(H,18,19)(H,20,22);1H. The normalized spacial score (nSPS) is 18.6. The average molecular weight is 498 g/mol. The molecule has 0 saturated carbocycles. The molecule has 0 unspecified atom stereocenters. The van der Waals surface area contributed by atoms with E-state index >= 15 is 0 Å². The molecule has 2 N–H and O–H groups in total. The number of amides is 1. The van der Waals surface area contributed by atoms with Crippen molar-refractivity contribution in [3.8, 4) is 0 Å². The maximum Gasteiger partial charge on any atom is 0.243 e. The monoisotopic (exact) mass is 498 g/mol. The van der Waals surface area contributed by atoms with Crippen molar-refractivity contribution in [2.24, 2.45) is 4.99 Å². The molecule has 10 heteroatoms. The number of aliphatic imine (C=N–C) groups is 1. The van der Waals surface area contributed by atoms with Crippen LogP contribution in [0.25, 0.3) is 0 Å². The van der Waals surface area contributed by atoms with Gasteiger partial charge in [0.2, 0.25) is 5.91 Å². The molecule has 7 nitrogen and oxygen atoms in total. The van der Waals surface area contributed by atoms with E-state index in [0.717, 1.165) is 0 Å². The molecule has 0 aliphatic carbocycles. The van der Waals surface area contributed by atoms with Gasteiger partial charge in [-0.25, -0.2) is 12.8 Å². The highest BCUT2D eigenvalue weighted by Gasteiger charge is 2.40. The number of guanidine groups is 1. The van der Waals surface area contributed by atoms with E-state index in [4.69, 9.17) is 0 Å². The number of carbonyl (C=O) groups excluding carboxylic acids is 1. The quantitative estimate of drug-likeness (QED) is 0.374. The van der Waals surface area contributed by atoms with Gasteiger partial charge >= 0.3 is 0 Å². The number of benzene rings is 1. The zero-order valence-corrected chi connectivity index (χ0v) is 18.1. The first-order valence-electron chi connectivity index (χ1n) is 7.88. The van der Waals surface area contributed by atoms with E-state index in [9.17, 15) is 17.6 Å². The topological polar surface area (TPSA) is 90.9 Å². The molecule has 146 valence electrons. The van der Waals surface area contributed by atoms with Crippen LogP contribution in [0, 0.1) is 5.82 Å². The molecule has 1 fully saturated rings. The van der Waals surface area contributed by atoms with Gasteiger partial charge in [0.15, 0.2) is 15.8 Å². The Balaban J connectivity index is 0.00000338. The van der Waals surface area contributed by atoms with Gasteiger partial charge in [0.05, 0.1) is 17.0 Å². The van der Waals surface area contributed by atoms with Crippen LogP contribution >= 0.6 is 24.0 Å². The third-order valence-electron chi connectivity index (χ3n) is 4.09. The van der Waals surface area contributed by atoms with Gasteiger partial charge in [-0.3, -0.25) is 9.79 Å². The molecule has 1 amide bonds. The highest BCUT2D eigenvalue weighted by atomic mass is 127. The molecule has 1 heterocycles. The van der Waals surface area contributed by atoms with Crippen molar-refractivity contribution in [3.63, 3.8) is 0 Å². The van der Waals surface area contributed by atoms with Crippen LogP contribution in [-0.4, -0.2) is 62.4 Å². The zero-order chi connectivity index (χ0) is 18.7. The minimum Gasteiger partial charge on any atom is -0.347 e. The van der Waals surface area contributed by atoms with Crippen LogP contribution in [0.15, 0.2) is 29.3 Å². The first kappa shape index (κ1) is 22.6. The van der Waals surface area contributed by atoms with Crippen LogP contribution in [0.5, 0.6) is 0 Å². The smallest absolute Gasteiger partial charge is 0.243 e. The molecule has 1 aromatic carbocycles. The summed E-state index contributed by atoms with van der Waals surface area (Å²) >= 11 is 0. The Morgan fingerprint density at radius 3 is 2.46 bits per heavy atom. The van der Waals surface area contributed by atoms with Crippen LogP contribution in [-0.2, 0) is 14.6 Å². The van der Waals surface area contributed by atoms with Gasteiger partial charge in [0, 0.05) is 25.8 Å². The number of sulfone groups is 1. The predicted molar refractivity (Wildman–Crippen MR) is 111 cm³/mol. The van der Waals surface area contributed by atoms with Gasteiger partial charge in [-0.15, -0.1) is 24.0 Å². The summed E-state index contributed by atoms with van der Waals surface area (Å²) in [5.74, 6) is -0.171. The maximum atomic E-state index is 12.9. The van der Waals surface area contributed by atoms with Crippen LogP contribution < -0.4 is 10.6 Å². The van der Waals surface area contributed by atoms with Crippen molar-refractivity contribution in [2.45, 2.75) is 18.6 Å². The number of nitrogens with one attached hydrogen (secondary N) is 2. The summed E-state index contributed by atoms with van der Waals surface area (Å²) < 4.78 is 36.1. The third-order valence-corrected chi connectivity index (χ3v) is 6.62. The number of carbonyl (C=O) groups is 1. The van der Waals surface area contributed by atoms with Gasteiger partial charge < -0.3 is 15.5 Å². The molecular weight excluding hydrogens is 474 g/mol. The van der Waals surface area contributed by atoms with E-state index in [0.29, 0.717) is 24.7 Å². The summed E-state index contributed by atoms with van der Waals surface area (Å²) in [7, 11) is -1.57. The molecule has 1 saturated heterocycles. The fraction of sp³-hybridized carbons (Fsp3) is 0.500. The fourth-order valence-corrected chi connectivity index (χ4v) is 3.92. The first-order valence-corrected chi connectivity index (χ1v) is 9.53.